The Morgan fingerprint density at radius 1 is 1.10 bits per heavy atom. The fourth-order valence-electron chi connectivity index (χ4n) is 2.20. The lowest BCUT2D eigenvalue weighted by atomic mass is 10.0. The van der Waals surface area contributed by atoms with E-state index >= 15 is 0 Å². The molecule has 0 unspecified atom stereocenters. The molecule has 0 atom stereocenters. The molecule has 21 heavy (non-hydrogen) atoms. The van der Waals surface area contributed by atoms with Gasteiger partial charge < -0.3 is 10.2 Å². The lowest BCUT2D eigenvalue weighted by molar-refractivity contribution is 0.100. The van der Waals surface area contributed by atoms with Crippen molar-refractivity contribution in [3.8, 4) is 11.1 Å². The number of amides is 1. The smallest absolute Gasteiger partial charge is 0.344 e. The van der Waals surface area contributed by atoms with Gasteiger partial charge in [-0.3, -0.25) is 4.79 Å². The molecule has 0 saturated carbocycles. The zero-order valence-electron chi connectivity index (χ0n) is 10.8. The maximum Gasteiger partial charge on any atom is 0.344 e. The summed E-state index contributed by atoms with van der Waals surface area (Å²) in [5.74, 6) is -1.47. The van der Waals surface area contributed by atoms with Crippen LogP contribution in [0.3, 0.4) is 0 Å². The van der Waals surface area contributed by atoms with Gasteiger partial charge in [-0.15, -0.1) is 0 Å². The van der Waals surface area contributed by atoms with Gasteiger partial charge in [-0.05, 0) is 23.8 Å². The molecule has 0 aliphatic rings. The highest BCUT2D eigenvalue weighted by atomic mass is 19.1. The third kappa shape index (κ3) is 2.29. The third-order valence-corrected chi connectivity index (χ3v) is 3.15. The summed E-state index contributed by atoms with van der Waals surface area (Å²) in [7, 11) is 0. The molecule has 0 aliphatic carbocycles. The predicted octanol–water partition coefficient (Wildman–Crippen LogP) is 2.70. The summed E-state index contributed by atoms with van der Waals surface area (Å²) >= 11 is 0. The Labute approximate surface area is 118 Å². The van der Waals surface area contributed by atoms with Crippen LogP contribution < -0.4 is 11.4 Å². The predicted molar refractivity (Wildman–Crippen MR) is 76.4 cm³/mol. The first-order valence-electron chi connectivity index (χ1n) is 6.19. The third-order valence-electron chi connectivity index (χ3n) is 3.15. The summed E-state index contributed by atoms with van der Waals surface area (Å²) in [5, 5.41) is 0.308. The average molecular weight is 283 g/mol. The number of carbonyl (C=O) groups excluding carboxylic acids is 1. The highest BCUT2D eigenvalue weighted by molar-refractivity contribution is 6.04. The molecule has 0 bridgehead atoms. The summed E-state index contributed by atoms with van der Waals surface area (Å²) in [6, 6.07) is 12.5. The van der Waals surface area contributed by atoms with Crippen molar-refractivity contribution in [1.82, 2.24) is 0 Å². The number of halogens is 1. The first-order chi connectivity index (χ1) is 10.1. The quantitative estimate of drug-likeness (QED) is 0.735. The van der Waals surface area contributed by atoms with Crippen LogP contribution in [0.25, 0.3) is 22.1 Å². The van der Waals surface area contributed by atoms with Gasteiger partial charge in [0.1, 0.15) is 5.82 Å². The van der Waals surface area contributed by atoms with Crippen molar-refractivity contribution in [2.45, 2.75) is 0 Å². The maximum absolute atomic E-state index is 13.6. The van der Waals surface area contributed by atoms with Crippen molar-refractivity contribution in [1.29, 1.82) is 0 Å². The average Bonchev–Trinajstić information content (AvgIpc) is 2.47. The number of benzene rings is 2. The molecule has 5 heteroatoms. The number of primary amides is 1. The molecule has 0 saturated heterocycles. The van der Waals surface area contributed by atoms with E-state index in [1.165, 1.54) is 12.1 Å². The zero-order valence-corrected chi connectivity index (χ0v) is 10.8. The van der Waals surface area contributed by atoms with Gasteiger partial charge in [-0.25, -0.2) is 9.18 Å². The number of hydrogen-bond donors (Lipinski definition) is 1. The topological polar surface area (TPSA) is 73.3 Å². The van der Waals surface area contributed by atoms with E-state index in [2.05, 4.69) is 0 Å². The van der Waals surface area contributed by atoms with E-state index in [4.69, 9.17) is 10.2 Å². The summed E-state index contributed by atoms with van der Waals surface area (Å²) in [5.41, 5.74) is 5.36. The minimum absolute atomic E-state index is 0.00594. The molecule has 0 radical (unpaired) electrons. The van der Waals surface area contributed by atoms with Crippen molar-refractivity contribution < 1.29 is 13.6 Å². The number of hydrogen-bond acceptors (Lipinski definition) is 3. The summed E-state index contributed by atoms with van der Waals surface area (Å²) < 4.78 is 18.7. The molecule has 3 rings (SSSR count). The van der Waals surface area contributed by atoms with Gasteiger partial charge in [0, 0.05) is 5.39 Å². The van der Waals surface area contributed by atoms with E-state index in [1.807, 2.05) is 6.07 Å². The molecule has 0 aliphatic heterocycles. The standard InChI is InChI=1S/C16H10FNO3/c17-11-6-10-7-12(9-4-2-1-3-5-9)16(20)21-14(10)13(8-11)15(18)19/h1-8H,(H2,18,19). The van der Waals surface area contributed by atoms with Gasteiger partial charge >= 0.3 is 5.63 Å². The van der Waals surface area contributed by atoms with Gasteiger partial charge in [-0.1, -0.05) is 30.3 Å². The van der Waals surface area contributed by atoms with Crippen LogP contribution in [0.15, 0.2) is 57.7 Å². The van der Waals surface area contributed by atoms with Crippen molar-refractivity contribution in [3.63, 3.8) is 0 Å². The Bertz CT molecular complexity index is 901. The van der Waals surface area contributed by atoms with Crippen LogP contribution in [0.2, 0.25) is 0 Å². The lowest BCUT2D eigenvalue weighted by Crippen LogP contribution is -2.13. The van der Waals surface area contributed by atoms with E-state index < -0.39 is 17.3 Å². The van der Waals surface area contributed by atoms with Crippen LogP contribution in [-0.2, 0) is 0 Å². The zero-order chi connectivity index (χ0) is 15.0. The van der Waals surface area contributed by atoms with Crippen LogP contribution in [0.1, 0.15) is 10.4 Å². The monoisotopic (exact) mass is 283 g/mol. The fourth-order valence-corrected chi connectivity index (χ4v) is 2.20. The second kappa shape index (κ2) is 4.86. The van der Waals surface area contributed by atoms with Crippen LogP contribution in [0.4, 0.5) is 4.39 Å². The lowest BCUT2D eigenvalue weighted by Gasteiger charge is -2.05. The molecule has 1 amide bonds. The Morgan fingerprint density at radius 2 is 1.81 bits per heavy atom. The first-order valence-corrected chi connectivity index (χ1v) is 6.19. The van der Waals surface area contributed by atoms with E-state index in [0.29, 0.717) is 16.5 Å². The normalized spacial score (nSPS) is 10.7. The highest BCUT2D eigenvalue weighted by Crippen LogP contribution is 2.24. The molecular weight excluding hydrogens is 273 g/mol. The molecule has 2 N–H and O–H groups in total. The molecular formula is C16H10FNO3. The van der Waals surface area contributed by atoms with Gasteiger partial charge in [0.05, 0.1) is 11.1 Å². The Morgan fingerprint density at radius 3 is 2.48 bits per heavy atom. The Balaban J connectivity index is 2.35. The second-order valence-electron chi connectivity index (χ2n) is 4.55. The second-order valence-corrected chi connectivity index (χ2v) is 4.55. The van der Waals surface area contributed by atoms with Crippen molar-refractivity contribution >= 4 is 16.9 Å². The van der Waals surface area contributed by atoms with E-state index in [0.717, 1.165) is 6.07 Å². The summed E-state index contributed by atoms with van der Waals surface area (Å²) in [6.45, 7) is 0. The van der Waals surface area contributed by atoms with Crippen LogP contribution >= 0.6 is 0 Å². The van der Waals surface area contributed by atoms with Crippen molar-refractivity contribution in [2.24, 2.45) is 5.73 Å². The van der Waals surface area contributed by atoms with Gasteiger partial charge in [0.15, 0.2) is 5.58 Å². The first kappa shape index (κ1) is 13.1. The SMILES string of the molecule is NC(=O)c1cc(F)cc2cc(-c3ccccc3)c(=O)oc12. The molecule has 0 spiro atoms. The molecule has 4 nitrogen and oxygen atoms in total. The van der Waals surface area contributed by atoms with Crippen molar-refractivity contribution in [3.05, 3.63) is 70.3 Å². The number of nitrogens with two attached hydrogens (primary N) is 1. The minimum atomic E-state index is -0.852. The van der Waals surface area contributed by atoms with Gasteiger partial charge in [0.2, 0.25) is 0 Å². The molecule has 2 aromatic carbocycles. The Hall–Kier alpha value is -2.95. The molecule has 104 valence electrons. The van der Waals surface area contributed by atoms with E-state index in [-0.39, 0.29) is 11.1 Å². The summed E-state index contributed by atoms with van der Waals surface area (Å²) in [4.78, 5) is 23.4. The number of fused-ring (bicyclic) bond motifs is 1. The molecule has 3 aromatic rings. The number of rotatable bonds is 2. The highest BCUT2D eigenvalue weighted by Gasteiger charge is 2.15. The molecule has 1 aromatic heterocycles. The largest absolute Gasteiger partial charge is 0.421 e. The fraction of sp³-hybridized carbons (Fsp3) is 0. The van der Waals surface area contributed by atoms with E-state index in [1.54, 1.807) is 24.3 Å². The summed E-state index contributed by atoms with van der Waals surface area (Å²) in [6.07, 6.45) is 0. The van der Waals surface area contributed by atoms with Gasteiger partial charge in [0.25, 0.3) is 5.91 Å². The number of carbonyl (C=O) groups is 1. The minimum Gasteiger partial charge on any atom is -0.421 e. The van der Waals surface area contributed by atoms with Crippen LogP contribution in [0.5, 0.6) is 0 Å². The van der Waals surface area contributed by atoms with Crippen LogP contribution in [0, 0.1) is 5.82 Å². The molecule has 0 fully saturated rings. The molecule has 1 heterocycles. The van der Waals surface area contributed by atoms with Crippen molar-refractivity contribution in [2.75, 3.05) is 0 Å². The van der Waals surface area contributed by atoms with Gasteiger partial charge in [-0.2, -0.15) is 0 Å². The Kier molecular flexibility index (Phi) is 3.02. The van der Waals surface area contributed by atoms with E-state index in [9.17, 15) is 14.0 Å². The maximum atomic E-state index is 13.6. The van der Waals surface area contributed by atoms with Crippen LogP contribution in [-0.4, -0.2) is 5.91 Å².